The van der Waals surface area contributed by atoms with E-state index in [1.54, 1.807) is 0 Å². The molecule has 2 heterocycles. The van der Waals surface area contributed by atoms with Crippen molar-refractivity contribution in [2.75, 3.05) is 6.54 Å². The summed E-state index contributed by atoms with van der Waals surface area (Å²) in [4.78, 5) is 17.4. The summed E-state index contributed by atoms with van der Waals surface area (Å²) in [7, 11) is 0. The van der Waals surface area contributed by atoms with Gasteiger partial charge in [-0.3, -0.25) is 4.79 Å². The Balaban J connectivity index is 2.02. The number of amides is 1. The first-order valence-electron chi connectivity index (χ1n) is 7.11. The second-order valence-electron chi connectivity index (χ2n) is 5.22. The highest BCUT2D eigenvalue weighted by Crippen LogP contribution is 2.23. The molecule has 0 aromatic carbocycles. The number of nitrogens with zero attached hydrogens (tertiary/aromatic N) is 2. The van der Waals surface area contributed by atoms with Gasteiger partial charge in [0.1, 0.15) is 10.6 Å². The Kier molecular flexibility index (Phi) is 4.77. The monoisotopic (exact) mass is 307 g/mol. The number of hydrogen-bond donors (Lipinski definition) is 1. The van der Waals surface area contributed by atoms with Crippen LogP contribution in [-0.4, -0.2) is 22.6 Å². The van der Waals surface area contributed by atoms with Gasteiger partial charge in [-0.15, -0.1) is 11.3 Å². The SMILES string of the molecule is CCc1nc(C)c(C(=O)NCC(C)c2c(C)noc2C)s1. The highest BCUT2D eigenvalue weighted by Gasteiger charge is 2.19. The number of carbonyl (C=O) groups excluding carboxylic acids is 1. The van der Waals surface area contributed by atoms with Crippen molar-refractivity contribution in [1.29, 1.82) is 0 Å². The number of thiazole rings is 1. The maximum Gasteiger partial charge on any atom is 0.263 e. The van der Waals surface area contributed by atoms with Crippen molar-refractivity contribution in [2.45, 2.75) is 47.0 Å². The molecular weight excluding hydrogens is 286 g/mol. The van der Waals surface area contributed by atoms with Crippen LogP contribution in [0.15, 0.2) is 4.52 Å². The average Bonchev–Trinajstić information content (AvgIpc) is 2.99. The fraction of sp³-hybridized carbons (Fsp3) is 0.533. The molecule has 1 unspecified atom stereocenters. The van der Waals surface area contributed by atoms with E-state index in [1.165, 1.54) is 11.3 Å². The van der Waals surface area contributed by atoms with Crippen LogP contribution in [0.2, 0.25) is 0 Å². The Hall–Kier alpha value is -1.69. The van der Waals surface area contributed by atoms with Gasteiger partial charge < -0.3 is 9.84 Å². The van der Waals surface area contributed by atoms with Gasteiger partial charge in [-0.25, -0.2) is 4.98 Å². The Morgan fingerprint density at radius 3 is 2.57 bits per heavy atom. The molecule has 1 N–H and O–H groups in total. The average molecular weight is 307 g/mol. The third-order valence-corrected chi connectivity index (χ3v) is 4.80. The van der Waals surface area contributed by atoms with Crippen LogP contribution in [-0.2, 0) is 6.42 Å². The topological polar surface area (TPSA) is 68.0 Å². The van der Waals surface area contributed by atoms with Crippen LogP contribution in [0.4, 0.5) is 0 Å². The molecule has 1 atom stereocenters. The zero-order chi connectivity index (χ0) is 15.6. The number of rotatable bonds is 5. The minimum absolute atomic E-state index is 0.0525. The molecule has 114 valence electrons. The van der Waals surface area contributed by atoms with E-state index in [1.807, 2.05) is 27.7 Å². The quantitative estimate of drug-likeness (QED) is 0.921. The second kappa shape index (κ2) is 6.39. The molecule has 0 saturated heterocycles. The number of hydrogen-bond acceptors (Lipinski definition) is 5. The Morgan fingerprint density at radius 2 is 2.05 bits per heavy atom. The van der Waals surface area contributed by atoms with Crippen LogP contribution < -0.4 is 5.32 Å². The van der Waals surface area contributed by atoms with Crippen molar-refractivity contribution >= 4 is 17.2 Å². The van der Waals surface area contributed by atoms with E-state index in [0.717, 1.165) is 34.1 Å². The molecule has 0 saturated carbocycles. The molecule has 2 aromatic rings. The Labute approximate surface area is 128 Å². The van der Waals surface area contributed by atoms with Crippen molar-refractivity contribution in [3.8, 4) is 0 Å². The highest BCUT2D eigenvalue weighted by molar-refractivity contribution is 7.13. The Bertz CT molecular complexity index is 626. The lowest BCUT2D eigenvalue weighted by molar-refractivity contribution is 0.0955. The first-order chi connectivity index (χ1) is 9.93. The molecule has 6 heteroatoms. The van der Waals surface area contributed by atoms with Crippen molar-refractivity contribution in [2.24, 2.45) is 0 Å². The predicted octanol–water partition coefficient (Wildman–Crippen LogP) is 3.15. The molecule has 0 aliphatic rings. The van der Waals surface area contributed by atoms with Crippen LogP contribution in [0, 0.1) is 20.8 Å². The first-order valence-corrected chi connectivity index (χ1v) is 7.92. The van der Waals surface area contributed by atoms with Crippen molar-refractivity contribution in [3.63, 3.8) is 0 Å². The van der Waals surface area contributed by atoms with E-state index in [-0.39, 0.29) is 11.8 Å². The lowest BCUT2D eigenvalue weighted by Gasteiger charge is -2.12. The standard InChI is InChI=1S/C15H21N3O2S/c1-6-12-17-10(4)14(21-12)15(19)16-7-8(2)13-9(3)18-20-11(13)5/h8H,6-7H2,1-5H3,(H,16,19). The lowest BCUT2D eigenvalue weighted by atomic mass is 9.99. The molecule has 0 fully saturated rings. The summed E-state index contributed by atoms with van der Waals surface area (Å²) in [5, 5.41) is 7.93. The van der Waals surface area contributed by atoms with Gasteiger partial charge >= 0.3 is 0 Å². The van der Waals surface area contributed by atoms with Crippen LogP contribution in [0.1, 0.15) is 57.2 Å². The Morgan fingerprint density at radius 1 is 1.33 bits per heavy atom. The molecule has 0 aliphatic carbocycles. The molecule has 2 rings (SSSR count). The van der Waals surface area contributed by atoms with E-state index in [2.05, 4.69) is 22.4 Å². The number of nitrogens with one attached hydrogen (secondary N) is 1. The molecule has 21 heavy (non-hydrogen) atoms. The van der Waals surface area contributed by atoms with E-state index >= 15 is 0 Å². The van der Waals surface area contributed by atoms with Crippen molar-refractivity contribution in [1.82, 2.24) is 15.5 Å². The van der Waals surface area contributed by atoms with Gasteiger partial charge in [-0.2, -0.15) is 0 Å². The summed E-state index contributed by atoms with van der Waals surface area (Å²) in [5.74, 6) is 0.930. The van der Waals surface area contributed by atoms with E-state index in [9.17, 15) is 4.79 Å². The van der Waals surface area contributed by atoms with Crippen molar-refractivity contribution in [3.05, 3.63) is 32.6 Å². The van der Waals surface area contributed by atoms with E-state index in [0.29, 0.717) is 11.4 Å². The first kappa shape index (κ1) is 15.7. The third-order valence-electron chi connectivity index (χ3n) is 3.50. The molecule has 2 aromatic heterocycles. The maximum absolute atomic E-state index is 12.3. The fourth-order valence-corrected chi connectivity index (χ4v) is 3.36. The summed E-state index contributed by atoms with van der Waals surface area (Å²) in [5.41, 5.74) is 2.77. The third kappa shape index (κ3) is 3.32. The van der Waals surface area contributed by atoms with Gasteiger partial charge in [0.05, 0.1) is 16.4 Å². The lowest BCUT2D eigenvalue weighted by Crippen LogP contribution is -2.27. The number of aryl methyl sites for hydroxylation is 4. The fourth-order valence-electron chi connectivity index (χ4n) is 2.44. The summed E-state index contributed by atoms with van der Waals surface area (Å²) in [6.45, 7) is 10.4. The van der Waals surface area contributed by atoms with E-state index < -0.39 is 0 Å². The molecule has 1 amide bonds. The van der Waals surface area contributed by atoms with Gasteiger partial charge in [0, 0.05) is 18.0 Å². The molecule has 0 aliphatic heterocycles. The second-order valence-corrected chi connectivity index (χ2v) is 6.31. The summed E-state index contributed by atoms with van der Waals surface area (Å²) in [6, 6.07) is 0. The van der Waals surface area contributed by atoms with Crippen LogP contribution >= 0.6 is 11.3 Å². The zero-order valence-electron chi connectivity index (χ0n) is 13.1. The molecule has 5 nitrogen and oxygen atoms in total. The molecular formula is C15H21N3O2S. The van der Waals surface area contributed by atoms with Gasteiger partial charge in [0.25, 0.3) is 5.91 Å². The predicted molar refractivity (Wildman–Crippen MR) is 83.0 cm³/mol. The maximum atomic E-state index is 12.3. The summed E-state index contributed by atoms with van der Waals surface area (Å²) in [6.07, 6.45) is 0.855. The highest BCUT2D eigenvalue weighted by atomic mass is 32.1. The normalized spacial score (nSPS) is 12.4. The summed E-state index contributed by atoms with van der Waals surface area (Å²) < 4.78 is 5.17. The largest absolute Gasteiger partial charge is 0.361 e. The van der Waals surface area contributed by atoms with E-state index in [4.69, 9.17) is 4.52 Å². The van der Waals surface area contributed by atoms with Crippen LogP contribution in [0.3, 0.4) is 0 Å². The number of carbonyl (C=O) groups is 1. The number of aromatic nitrogens is 2. The van der Waals surface area contributed by atoms with Crippen LogP contribution in [0.5, 0.6) is 0 Å². The summed E-state index contributed by atoms with van der Waals surface area (Å²) >= 11 is 1.47. The van der Waals surface area contributed by atoms with Gasteiger partial charge in [0.2, 0.25) is 0 Å². The minimum Gasteiger partial charge on any atom is -0.361 e. The van der Waals surface area contributed by atoms with Crippen LogP contribution in [0.25, 0.3) is 0 Å². The molecule has 0 radical (unpaired) electrons. The van der Waals surface area contributed by atoms with Gasteiger partial charge in [0.15, 0.2) is 0 Å². The minimum atomic E-state index is -0.0525. The smallest absolute Gasteiger partial charge is 0.263 e. The molecule has 0 bridgehead atoms. The molecule has 0 spiro atoms. The van der Waals surface area contributed by atoms with Crippen molar-refractivity contribution < 1.29 is 9.32 Å². The van der Waals surface area contributed by atoms with Gasteiger partial charge in [-0.05, 0) is 27.2 Å². The zero-order valence-corrected chi connectivity index (χ0v) is 13.9. The van der Waals surface area contributed by atoms with Gasteiger partial charge in [-0.1, -0.05) is 19.0 Å².